The summed E-state index contributed by atoms with van der Waals surface area (Å²) in [7, 11) is 0. The zero-order chi connectivity index (χ0) is 17.7. The van der Waals surface area contributed by atoms with Gasteiger partial charge in [0.2, 0.25) is 0 Å². The van der Waals surface area contributed by atoms with Crippen molar-refractivity contribution in [3.8, 4) is 0 Å². The molecule has 0 heterocycles. The Morgan fingerprint density at radius 3 is 1.83 bits per heavy atom. The van der Waals surface area contributed by atoms with Gasteiger partial charge in [0, 0.05) is 6.42 Å². The number of esters is 1. The highest BCUT2D eigenvalue weighted by atomic mass is 16.5. The van der Waals surface area contributed by atoms with Gasteiger partial charge in [-0.15, -0.1) is 0 Å². The summed E-state index contributed by atoms with van der Waals surface area (Å²) in [6.07, 6.45) is 27.1. The SMILES string of the molecule is CCCCC/C=C/C/C=C/C/C=C/CCCCCCC(=O)OCC. The number of allylic oxidation sites excluding steroid dienone is 6. The maximum Gasteiger partial charge on any atom is 0.305 e. The average molecular weight is 335 g/mol. The van der Waals surface area contributed by atoms with Crippen LogP contribution in [-0.4, -0.2) is 12.6 Å². The number of carbonyl (C=O) groups is 1. The lowest BCUT2D eigenvalue weighted by molar-refractivity contribution is -0.143. The van der Waals surface area contributed by atoms with Crippen molar-refractivity contribution >= 4 is 5.97 Å². The molecule has 0 N–H and O–H groups in total. The van der Waals surface area contributed by atoms with E-state index in [4.69, 9.17) is 4.74 Å². The van der Waals surface area contributed by atoms with E-state index in [2.05, 4.69) is 43.4 Å². The molecule has 0 aliphatic rings. The summed E-state index contributed by atoms with van der Waals surface area (Å²) in [5.41, 5.74) is 0. The first-order valence-electron chi connectivity index (χ1n) is 9.91. The van der Waals surface area contributed by atoms with E-state index in [1.807, 2.05) is 6.92 Å². The molecule has 0 amide bonds. The third-order valence-corrected chi connectivity index (χ3v) is 3.83. The summed E-state index contributed by atoms with van der Waals surface area (Å²) < 4.78 is 4.91. The number of carbonyl (C=O) groups excluding carboxylic acids is 1. The van der Waals surface area contributed by atoms with Crippen molar-refractivity contribution in [1.29, 1.82) is 0 Å². The number of hydrogen-bond acceptors (Lipinski definition) is 2. The Morgan fingerprint density at radius 1 is 0.708 bits per heavy atom. The average Bonchev–Trinajstić information content (AvgIpc) is 2.58. The minimum absolute atomic E-state index is 0.0556. The molecule has 0 fully saturated rings. The van der Waals surface area contributed by atoms with Gasteiger partial charge in [0.15, 0.2) is 0 Å². The maximum atomic E-state index is 11.2. The van der Waals surface area contributed by atoms with Gasteiger partial charge < -0.3 is 4.74 Å². The van der Waals surface area contributed by atoms with Gasteiger partial charge in [-0.3, -0.25) is 4.79 Å². The van der Waals surface area contributed by atoms with Gasteiger partial charge in [-0.1, -0.05) is 69.1 Å². The first kappa shape index (κ1) is 22.7. The molecular weight excluding hydrogens is 296 g/mol. The van der Waals surface area contributed by atoms with Crippen molar-refractivity contribution in [2.24, 2.45) is 0 Å². The molecule has 0 rings (SSSR count). The van der Waals surface area contributed by atoms with Crippen molar-refractivity contribution in [2.45, 2.75) is 90.9 Å². The van der Waals surface area contributed by atoms with Gasteiger partial charge in [-0.2, -0.15) is 0 Å². The van der Waals surface area contributed by atoms with Crippen LogP contribution in [0.2, 0.25) is 0 Å². The molecule has 0 spiro atoms. The molecule has 24 heavy (non-hydrogen) atoms. The van der Waals surface area contributed by atoms with Crippen molar-refractivity contribution in [1.82, 2.24) is 0 Å². The summed E-state index contributed by atoms with van der Waals surface area (Å²) in [5.74, 6) is -0.0556. The highest BCUT2D eigenvalue weighted by Crippen LogP contribution is 2.07. The van der Waals surface area contributed by atoms with Crippen molar-refractivity contribution in [3.63, 3.8) is 0 Å². The van der Waals surface area contributed by atoms with Crippen LogP contribution in [0.25, 0.3) is 0 Å². The van der Waals surface area contributed by atoms with Gasteiger partial charge in [0.25, 0.3) is 0 Å². The van der Waals surface area contributed by atoms with Crippen LogP contribution in [0, 0.1) is 0 Å². The van der Waals surface area contributed by atoms with E-state index in [0.29, 0.717) is 13.0 Å². The molecule has 0 radical (unpaired) electrons. The Balaban J connectivity index is 3.31. The fraction of sp³-hybridized carbons (Fsp3) is 0.682. The molecule has 0 unspecified atom stereocenters. The lowest BCUT2D eigenvalue weighted by Crippen LogP contribution is -2.02. The molecule has 0 saturated carbocycles. The highest BCUT2D eigenvalue weighted by molar-refractivity contribution is 5.69. The third-order valence-electron chi connectivity index (χ3n) is 3.83. The quantitative estimate of drug-likeness (QED) is 0.174. The van der Waals surface area contributed by atoms with Crippen molar-refractivity contribution in [3.05, 3.63) is 36.5 Å². The van der Waals surface area contributed by atoms with Crippen LogP contribution in [0.3, 0.4) is 0 Å². The highest BCUT2D eigenvalue weighted by Gasteiger charge is 1.99. The third kappa shape index (κ3) is 18.7. The van der Waals surface area contributed by atoms with Gasteiger partial charge in [0.05, 0.1) is 6.61 Å². The summed E-state index contributed by atoms with van der Waals surface area (Å²) >= 11 is 0. The van der Waals surface area contributed by atoms with E-state index >= 15 is 0 Å². The van der Waals surface area contributed by atoms with Gasteiger partial charge in [0.1, 0.15) is 0 Å². The van der Waals surface area contributed by atoms with Gasteiger partial charge in [-0.05, 0) is 51.9 Å². The lowest BCUT2D eigenvalue weighted by atomic mass is 10.1. The number of hydrogen-bond donors (Lipinski definition) is 0. The van der Waals surface area contributed by atoms with Crippen LogP contribution >= 0.6 is 0 Å². The monoisotopic (exact) mass is 334 g/mol. The Hall–Kier alpha value is -1.31. The van der Waals surface area contributed by atoms with Gasteiger partial charge in [-0.25, -0.2) is 0 Å². The Kier molecular flexibility index (Phi) is 18.7. The molecule has 0 aromatic carbocycles. The Bertz CT molecular complexity index is 353. The molecule has 0 bridgehead atoms. The van der Waals surface area contributed by atoms with Crippen LogP contribution in [0.4, 0.5) is 0 Å². The lowest BCUT2D eigenvalue weighted by Gasteiger charge is -2.01. The Morgan fingerprint density at radius 2 is 1.25 bits per heavy atom. The summed E-state index contributed by atoms with van der Waals surface area (Å²) in [5, 5.41) is 0. The smallest absolute Gasteiger partial charge is 0.305 e. The van der Waals surface area contributed by atoms with Gasteiger partial charge >= 0.3 is 5.97 Å². The number of rotatable bonds is 16. The standard InChI is InChI=1S/C22H38O2/c1-3-5-6-7-8-9-10-11-12-13-14-15-16-17-18-19-20-21-22(23)24-4-2/h8-9,11-12,14-15H,3-7,10,13,16-21H2,1-2H3/b9-8+,12-11+,15-14+. The first-order valence-corrected chi connectivity index (χ1v) is 9.91. The summed E-state index contributed by atoms with van der Waals surface area (Å²) in [6, 6.07) is 0. The molecule has 0 saturated heterocycles. The summed E-state index contributed by atoms with van der Waals surface area (Å²) in [4.78, 5) is 11.2. The second kappa shape index (κ2) is 19.7. The van der Waals surface area contributed by atoms with E-state index in [0.717, 1.165) is 32.1 Å². The summed E-state index contributed by atoms with van der Waals surface area (Å²) in [6.45, 7) is 4.59. The second-order valence-electron chi connectivity index (χ2n) is 6.14. The zero-order valence-corrected chi connectivity index (χ0v) is 16.0. The minimum Gasteiger partial charge on any atom is -0.466 e. The van der Waals surface area contributed by atoms with Crippen molar-refractivity contribution in [2.75, 3.05) is 6.61 Å². The molecule has 0 aromatic rings. The Labute approximate surface area is 150 Å². The predicted octanol–water partition coefficient (Wildman–Crippen LogP) is 6.92. The molecule has 2 nitrogen and oxygen atoms in total. The fourth-order valence-corrected chi connectivity index (χ4v) is 2.41. The molecule has 0 aliphatic carbocycles. The predicted molar refractivity (Wildman–Crippen MR) is 105 cm³/mol. The molecule has 0 aliphatic heterocycles. The van der Waals surface area contributed by atoms with Crippen LogP contribution < -0.4 is 0 Å². The van der Waals surface area contributed by atoms with E-state index in [-0.39, 0.29) is 5.97 Å². The van der Waals surface area contributed by atoms with E-state index in [1.54, 1.807) is 0 Å². The minimum atomic E-state index is -0.0556. The van der Waals surface area contributed by atoms with Crippen LogP contribution in [0.1, 0.15) is 90.9 Å². The molecule has 0 atom stereocenters. The molecule has 2 heteroatoms. The molecular formula is C22H38O2. The maximum absolute atomic E-state index is 11.2. The normalized spacial score (nSPS) is 11.9. The number of unbranched alkanes of at least 4 members (excludes halogenated alkanes) is 7. The fourth-order valence-electron chi connectivity index (χ4n) is 2.41. The van der Waals surface area contributed by atoms with Crippen molar-refractivity contribution < 1.29 is 9.53 Å². The van der Waals surface area contributed by atoms with E-state index in [9.17, 15) is 4.79 Å². The zero-order valence-electron chi connectivity index (χ0n) is 16.0. The second-order valence-corrected chi connectivity index (χ2v) is 6.14. The number of ether oxygens (including phenoxy) is 1. The van der Waals surface area contributed by atoms with E-state index < -0.39 is 0 Å². The largest absolute Gasteiger partial charge is 0.466 e. The van der Waals surface area contributed by atoms with Crippen LogP contribution in [0.5, 0.6) is 0 Å². The molecule has 0 aromatic heterocycles. The topological polar surface area (TPSA) is 26.3 Å². The van der Waals surface area contributed by atoms with E-state index in [1.165, 1.54) is 38.5 Å². The molecule has 138 valence electrons. The first-order chi connectivity index (χ1) is 11.8. The van der Waals surface area contributed by atoms with Crippen LogP contribution in [0.15, 0.2) is 36.5 Å². The van der Waals surface area contributed by atoms with Crippen LogP contribution in [-0.2, 0) is 9.53 Å².